The highest BCUT2D eigenvalue weighted by Gasteiger charge is 2.16. The van der Waals surface area contributed by atoms with Crippen LogP contribution in [0.1, 0.15) is 18.1 Å². The highest BCUT2D eigenvalue weighted by molar-refractivity contribution is 8.03. The minimum Gasteiger partial charge on any atom is -0.490 e. The van der Waals surface area contributed by atoms with E-state index < -0.39 is 5.97 Å². The van der Waals surface area contributed by atoms with Gasteiger partial charge < -0.3 is 19.0 Å². The number of para-hydroxylation sites is 2. The van der Waals surface area contributed by atoms with Gasteiger partial charge in [0, 0.05) is 0 Å². The number of carboxylic acid groups (broad SMARTS) is 1. The number of hydrogen-bond donors (Lipinski definition) is 1. The molecule has 36 heavy (non-hydrogen) atoms. The summed E-state index contributed by atoms with van der Waals surface area (Å²) in [5.74, 6) is 0.0602. The highest BCUT2D eigenvalue weighted by atomic mass is 32.2. The third kappa shape index (κ3) is 5.21. The number of benzene rings is 4. The second kappa shape index (κ2) is 10.6. The van der Waals surface area contributed by atoms with E-state index in [1.807, 2.05) is 49.4 Å². The van der Waals surface area contributed by atoms with Crippen molar-refractivity contribution >= 4 is 45.7 Å². The van der Waals surface area contributed by atoms with E-state index in [0.717, 1.165) is 28.1 Å². The van der Waals surface area contributed by atoms with E-state index in [9.17, 15) is 9.90 Å². The van der Waals surface area contributed by atoms with Crippen molar-refractivity contribution in [3.63, 3.8) is 0 Å². The lowest BCUT2D eigenvalue weighted by Crippen LogP contribution is -2.01. The van der Waals surface area contributed by atoms with Crippen LogP contribution in [0, 0.1) is 0 Å². The Morgan fingerprint density at radius 3 is 2.61 bits per heavy atom. The topological polar surface area (TPSA) is 81.8 Å². The van der Waals surface area contributed by atoms with Crippen molar-refractivity contribution in [2.45, 2.75) is 18.8 Å². The number of aromatic nitrogens is 1. The van der Waals surface area contributed by atoms with Crippen molar-refractivity contribution in [1.82, 2.24) is 4.98 Å². The fraction of sp³-hybridized carbons (Fsp3) is 0.103. The summed E-state index contributed by atoms with van der Waals surface area (Å²) in [6.07, 6.45) is 1.57. The van der Waals surface area contributed by atoms with Crippen molar-refractivity contribution in [1.29, 1.82) is 0 Å². The minimum atomic E-state index is -1.07. The molecular weight excluding hydrogens is 474 g/mol. The van der Waals surface area contributed by atoms with Gasteiger partial charge in [0.2, 0.25) is 0 Å². The SMILES string of the molecule is CCOc1cc(/C=C(\Sc2nc3ccccc3o2)C(=O)O)ccc1OCc1cccc2ccccc12. The van der Waals surface area contributed by atoms with Crippen LogP contribution in [-0.2, 0) is 11.4 Å². The molecule has 6 nitrogen and oxygen atoms in total. The minimum absolute atomic E-state index is 0.0772. The van der Waals surface area contributed by atoms with Crippen LogP contribution < -0.4 is 9.47 Å². The van der Waals surface area contributed by atoms with Gasteiger partial charge in [-0.2, -0.15) is 0 Å². The van der Waals surface area contributed by atoms with Gasteiger partial charge in [-0.3, -0.25) is 0 Å². The van der Waals surface area contributed by atoms with Gasteiger partial charge in [0.25, 0.3) is 5.22 Å². The average molecular weight is 498 g/mol. The second-order valence-electron chi connectivity index (χ2n) is 7.93. The Labute approximate surface area is 212 Å². The molecule has 0 aliphatic rings. The van der Waals surface area contributed by atoms with Crippen molar-refractivity contribution in [2.24, 2.45) is 0 Å². The van der Waals surface area contributed by atoms with Gasteiger partial charge in [-0.25, -0.2) is 9.78 Å². The number of nitrogens with zero attached hydrogens (tertiary/aromatic N) is 1. The molecule has 0 bridgehead atoms. The van der Waals surface area contributed by atoms with Gasteiger partial charge in [-0.05, 0) is 70.9 Å². The molecule has 180 valence electrons. The maximum Gasteiger partial charge on any atom is 0.342 e. The van der Waals surface area contributed by atoms with Crippen LogP contribution >= 0.6 is 11.8 Å². The standard InChI is InChI=1S/C29H23NO5S/c1-2-33-26-16-19(17-27(28(31)32)36-29-30-23-12-5-6-13-24(23)35-29)14-15-25(26)34-18-21-10-7-9-20-8-3-4-11-22(20)21/h3-17H,2,18H2,1H3,(H,31,32)/b27-17-. The third-order valence-electron chi connectivity index (χ3n) is 5.51. The van der Waals surface area contributed by atoms with Crippen LogP contribution in [0.5, 0.6) is 11.5 Å². The molecular formula is C29H23NO5S. The first-order valence-corrected chi connectivity index (χ1v) is 12.3. The van der Waals surface area contributed by atoms with Gasteiger partial charge in [-0.1, -0.05) is 60.7 Å². The fourth-order valence-electron chi connectivity index (χ4n) is 3.85. The number of rotatable bonds is 9. The van der Waals surface area contributed by atoms with E-state index in [0.29, 0.717) is 41.4 Å². The molecule has 5 rings (SSSR count). The van der Waals surface area contributed by atoms with Gasteiger partial charge >= 0.3 is 5.97 Å². The third-order valence-corrected chi connectivity index (χ3v) is 6.37. The van der Waals surface area contributed by atoms with Crippen LogP contribution in [0.15, 0.2) is 99.5 Å². The lowest BCUT2D eigenvalue weighted by molar-refractivity contribution is -0.131. The van der Waals surface area contributed by atoms with Crippen LogP contribution in [0.3, 0.4) is 0 Å². The normalized spacial score (nSPS) is 11.6. The first kappa shape index (κ1) is 23.5. The van der Waals surface area contributed by atoms with Crippen molar-refractivity contribution in [3.8, 4) is 11.5 Å². The Hall–Kier alpha value is -4.23. The summed E-state index contributed by atoms with van der Waals surface area (Å²) in [6, 6.07) is 27.0. The van der Waals surface area contributed by atoms with Gasteiger partial charge in [0.1, 0.15) is 17.0 Å². The number of oxazole rings is 1. The zero-order valence-corrected chi connectivity index (χ0v) is 20.3. The Balaban J connectivity index is 1.39. The Kier molecular flexibility index (Phi) is 6.91. The number of fused-ring (bicyclic) bond motifs is 2. The molecule has 0 unspecified atom stereocenters. The molecule has 0 radical (unpaired) electrons. The predicted molar refractivity (Wildman–Crippen MR) is 141 cm³/mol. The Morgan fingerprint density at radius 2 is 1.78 bits per heavy atom. The average Bonchev–Trinajstić information content (AvgIpc) is 3.30. The molecule has 0 spiro atoms. The van der Waals surface area contributed by atoms with E-state index in [4.69, 9.17) is 13.9 Å². The van der Waals surface area contributed by atoms with E-state index in [1.165, 1.54) is 0 Å². The fourth-order valence-corrected chi connectivity index (χ4v) is 4.60. The predicted octanol–water partition coefficient (Wildman–Crippen LogP) is 7.18. The second-order valence-corrected chi connectivity index (χ2v) is 8.92. The molecule has 0 fully saturated rings. The number of carboxylic acids is 1. The molecule has 0 saturated heterocycles. The maximum atomic E-state index is 12.0. The largest absolute Gasteiger partial charge is 0.490 e. The molecule has 5 aromatic rings. The van der Waals surface area contributed by atoms with E-state index >= 15 is 0 Å². The van der Waals surface area contributed by atoms with E-state index in [-0.39, 0.29) is 10.1 Å². The van der Waals surface area contributed by atoms with E-state index in [1.54, 1.807) is 30.3 Å². The van der Waals surface area contributed by atoms with Crippen LogP contribution in [0.4, 0.5) is 0 Å². The lowest BCUT2D eigenvalue weighted by atomic mass is 10.1. The first-order valence-electron chi connectivity index (χ1n) is 11.5. The molecule has 0 aliphatic carbocycles. The smallest absolute Gasteiger partial charge is 0.342 e. The molecule has 4 aromatic carbocycles. The molecule has 7 heteroatoms. The van der Waals surface area contributed by atoms with Crippen molar-refractivity contribution < 1.29 is 23.8 Å². The van der Waals surface area contributed by atoms with Crippen LogP contribution in [-0.4, -0.2) is 22.7 Å². The number of thioether (sulfide) groups is 1. The van der Waals surface area contributed by atoms with Gasteiger partial charge in [0.05, 0.1) is 6.61 Å². The molecule has 0 aliphatic heterocycles. The van der Waals surface area contributed by atoms with Crippen molar-refractivity contribution in [3.05, 3.63) is 101 Å². The number of aliphatic carboxylic acids is 1. The lowest BCUT2D eigenvalue weighted by Gasteiger charge is -2.14. The first-order chi connectivity index (χ1) is 17.6. The zero-order valence-electron chi connectivity index (χ0n) is 19.5. The van der Waals surface area contributed by atoms with Crippen molar-refractivity contribution in [2.75, 3.05) is 6.61 Å². The van der Waals surface area contributed by atoms with Crippen LogP contribution in [0.2, 0.25) is 0 Å². The summed E-state index contributed by atoms with van der Waals surface area (Å²) in [7, 11) is 0. The molecule has 1 heterocycles. The number of carbonyl (C=O) groups is 1. The molecule has 0 saturated carbocycles. The molecule has 1 aromatic heterocycles. The zero-order chi connectivity index (χ0) is 24.9. The monoisotopic (exact) mass is 497 g/mol. The van der Waals surface area contributed by atoms with Gasteiger partial charge in [-0.15, -0.1) is 0 Å². The van der Waals surface area contributed by atoms with Crippen LogP contribution in [0.25, 0.3) is 27.9 Å². The Bertz CT molecular complexity index is 1530. The van der Waals surface area contributed by atoms with Gasteiger partial charge in [0.15, 0.2) is 17.1 Å². The summed E-state index contributed by atoms with van der Waals surface area (Å²) in [4.78, 5) is 16.4. The highest BCUT2D eigenvalue weighted by Crippen LogP contribution is 2.34. The number of ether oxygens (including phenoxy) is 2. The molecule has 0 amide bonds. The summed E-state index contributed by atoms with van der Waals surface area (Å²) in [6.45, 7) is 2.72. The maximum absolute atomic E-state index is 12.0. The summed E-state index contributed by atoms with van der Waals surface area (Å²) in [5.41, 5.74) is 3.02. The Morgan fingerprint density at radius 1 is 0.972 bits per heavy atom. The quantitative estimate of drug-likeness (QED) is 0.171. The van der Waals surface area contributed by atoms with E-state index in [2.05, 4.69) is 23.2 Å². The molecule has 1 N–H and O–H groups in total. The number of hydrogen-bond acceptors (Lipinski definition) is 6. The molecule has 0 atom stereocenters. The summed E-state index contributed by atoms with van der Waals surface area (Å²) in [5, 5.41) is 12.3. The summed E-state index contributed by atoms with van der Waals surface area (Å²) < 4.78 is 17.6. The summed E-state index contributed by atoms with van der Waals surface area (Å²) >= 11 is 0.961.